The SMILES string of the molecule is C=C1C[C@H](C)C[C@@H]2CC=C[C@@H](C/C=C\C(=O)N[C@H](C/C=C/[C@@H]3CC(C)=CCO3)C[C@H]3OC3[C@@H](O)C1)O2. The van der Waals surface area contributed by atoms with Crippen molar-refractivity contribution in [3.63, 3.8) is 0 Å². The normalized spacial score (nSPS) is 39.5. The molecule has 2 bridgehead atoms. The molecule has 0 aliphatic carbocycles. The van der Waals surface area contributed by atoms with Gasteiger partial charge in [-0.25, -0.2) is 0 Å². The number of ether oxygens (including phenoxy) is 3. The molecule has 1 amide bonds. The minimum atomic E-state index is -0.566. The fraction of sp³-hybridized carbons (Fsp3) is 0.633. The Morgan fingerprint density at radius 3 is 2.86 bits per heavy atom. The van der Waals surface area contributed by atoms with Crippen LogP contribution in [0.4, 0.5) is 0 Å². The van der Waals surface area contributed by atoms with Crippen LogP contribution in [0.5, 0.6) is 0 Å². The van der Waals surface area contributed by atoms with Crippen LogP contribution in [-0.2, 0) is 19.0 Å². The molecule has 0 aromatic heterocycles. The van der Waals surface area contributed by atoms with E-state index in [9.17, 15) is 9.90 Å². The summed E-state index contributed by atoms with van der Waals surface area (Å²) in [6.07, 6.45) is 19.8. The molecule has 0 radical (unpaired) electrons. The molecule has 8 atom stereocenters. The minimum Gasteiger partial charge on any atom is -0.390 e. The third-order valence-corrected chi connectivity index (χ3v) is 7.46. The van der Waals surface area contributed by atoms with Gasteiger partial charge in [-0.15, -0.1) is 0 Å². The first-order chi connectivity index (χ1) is 17.4. The molecule has 36 heavy (non-hydrogen) atoms. The van der Waals surface area contributed by atoms with Crippen molar-refractivity contribution in [3.8, 4) is 0 Å². The van der Waals surface area contributed by atoms with Gasteiger partial charge in [-0.05, 0) is 70.3 Å². The number of fused-ring (bicyclic) bond motifs is 3. The molecular weight excluding hydrogens is 454 g/mol. The van der Waals surface area contributed by atoms with E-state index in [1.54, 1.807) is 6.08 Å². The van der Waals surface area contributed by atoms with Gasteiger partial charge in [0.1, 0.15) is 6.10 Å². The molecule has 4 aliphatic heterocycles. The monoisotopic (exact) mass is 497 g/mol. The largest absolute Gasteiger partial charge is 0.390 e. The minimum absolute atomic E-state index is 0.00346. The predicted molar refractivity (Wildman–Crippen MR) is 141 cm³/mol. The lowest BCUT2D eigenvalue weighted by atomic mass is 9.91. The van der Waals surface area contributed by atoms with E-state index in [4.69, 9.17) is 14.2 Å². The zero-order valence-electron chi connectivity index (χ0n) is 21.8. The van der Waals surface area contributed by atoms with Gasteiger partial charge in [-0.2, -0.15) is 0 Å². The second-order valence-electron chi connectivity index (χ2n) is 11.0. The molecule has 1 unspecified atom stereocenters. The second-order valence-corrected chi connectivity index (χ2v) is 11.0. The van der Waals surface area contributed by atoms with E-state index >= 15 is 0 Å². The van der Waals surface area contributed by atoms with Crippen LogP contribution in [0.3, 0.4) is 0 Å². The van der Waals surface area contributed by atoms with E-state index in [2.05, 4.69) is 56.1 Å². The number of carbonyl (C=O) groups is 1. The third-order valence-electron chi connectivity index (χ3n) is 7.46. The Morgan fingerprint density at radius 1 is 1.17 bits per heavy atom. The maximum atomic E-state index is 12.7. The number of aliphatic hydroxyl groups excluding tert-OH is 1. The van der Waals surface area contributed by atoms with E-state index in [1.807, 2.05) is 6.08 Å². The van der Waals surface area contributed by atoms with Gasteiger partial charge in [0.2, 0.25) is 5.91 Å². The maximum Gasteiger partial charge on any atom is 0.243 e. The first kappa shape index (κ1) is 27.1. The van der Waals surface area contributed by atoms with Crippen LogP contribution in [0, 0.1) is 5.92 Å². The number of amides is 1. The molecule has 0 spiro atoms. The summed E-state index contributed by atoms with van der Waals surface area (Å²) in [5.74, 6) is 0.319. The van der Waals surface area contributed by atoms with Gasteiger partial charge in [0.25, 0.3) is 0 Å². The number of epoxide rings is 1. The highest BCUT2D eigenvalue weighted by Crippen LogP contribution is 2.34. The number of hydrogen-bond donors (Lipinski definition) is 2. The molecule has 2 N–H and O–H groups in total. The molecule has 1 saturated heterocycles. The van der Waals surface area contributed by atoms with Crippen LogP contribution in [0.25, 0.3) is 0 Å². The zero-order chi connectivity index (χ0) is 25.5. The van der Waals surface area contributed by atoms with Gasteiger partial charge in [-0.1, -0.05) is 61.1 Å². The first-order valence-electron chi connectivity index (χ1n) is 13.6. The third kappa shape index (κ3) is 8.55. The summed E-state index contributed by atoms with van der Waals surface area (Å²) in [4.78, 5) is 12.7. The van der Waals surface area contributed by atoms with Crippen molar-refractivity contribution in [1.82, 2.24) is 5.32 Å². The molecule has 0 aromatic carbocycles. The Morgan fingerprint density at radius 2 is 2.03 bits per heavy atom. The van der Waals surface area contributed by atoms with Gasteiger partial charge >= 0.3 is 0 Å². The summed E-state index contributed by atoms with van der Waals surface area (Å²) < 4.78 is 17.9. The number of hydrogen-bond acceptors (Lipinski definition) is 5. The van der Waals surface area contributed by atoms with Gasteiger partial charge in [0.15, 0.2) is 0 Å². The second kappa shape index (κ2) is 13.0. The maximum absolute atomic E-state index is 12.7. The molecule has 198 valence electrons. The van der Waals surface area contributed by atoms with Crippen molar-refractivity contribution in [3.05, 3.63) is 60.3 Å². The van der Waals surface area contributed by atoms with E-state index in [0.717, 1.165) is 31.3 Å². The van der Waals surface area contributed by atoms with Crippen molar-refractivity contribution < 1.29 is 24.1 Å². The summed E-state index contributed by atoms with van der Waals surface area (Å²) >= 11 is 0. The van der Waals surface area contributed by atoms with Gasteiger partial charge in [-0.3, -0.25) is 4.79 Å². The Kier molecular flexibility index (Phi) is 9.77. The molecule has 4 rings (SSSR count). The Hall–Kier alpha value is -1.99. The average Bonchev–Trinajstić information content (AvgIpc) is 3.58. The Bertz CT molecular complexity index is 890. The molecule has 1 fully saturated rings. The van der Waals surface area contributed by atoms with Crippen LogP contribution < -0.4 is 5.32 Å². The van der Waals surface area contributed by atoms with Crippen molar-refractivity contribution in [2.45, 2.75) is 108 Å². The van der Waals surface area contributed by atoms with Crippen LogP contribution in [0.2, 0.25) is 0 Å². The predicted octanol–water partition coefficient (Wildman–Crippen LogP) is 4.71. The van der Waals surface area contributed by atoms with E-state index in [1.165, 1.54) is 5.57 Å². The topological polar surface area (TPSA) is 80.3 Å². The highest BCUT2D eigenvalue weighted by atomic mass is 16.6. The average molecular weight is 498 g/mol. The molecule has 0 saturated carbocycles. The molecular formula is C30H43NO5. The molecule has 6 heteroatoms. The van der Waals surface area contributed by atoms with Gasteiger partial charge in [0, 0.05) is 6.04 Å². The smallest absolute Gasteiger partial charge is 0.243 e. The summed E-state index contributed by atoms with van der Waals surface area (Å²) in [5, 5.41) is 13.9. The van der Waals surface area contributed by atoms with Crippen molar-refractivity contribution in [2.75, 3.05) is 6.61 Å². The van der Waals surface area contributed by atoms with Crippen molar-refractivity contribution >= 4 is 5.91 Å². The van der Waals surface area contributed by atoms with Crippen molar-refractivity contribution in [1.29, 1.82) is 0 Å². The zero-order valence-corrected chi connectivity index (χ0v) is 21.8. The van der Waals surface area contributed by atoms with E-state index in [-0.39, 0.29) is 42.5 Å². The Labute approximate surface area is 216 Å². The van der Waals surface area contributed by atoms with Crippen molar-refractivity contribution in [2.24, 2.45) is 5.92 Å². The summed E-state index contributed by atoms with van der Waals surface area (Å²) in [6, 6.07) is -0.0851. The standard InChI is InChI=1S/C30H43NO5/c1-20-13-14-34-25(16-20)10-4-7-23-19-28-30(36-28)27(32)18-22(3)15-21(2)17-26-11-5-8-24(35-26)9-6-12-29(33)31-23/h4-6,8,10,12-13,21,23-28,30,32H,3,7,9,11,14-19H2,1-2H3,(H,31,33)/b10-4+,12-6-/t21-,23+,24-,25+,26-,27-,28+,30?/m0/s1. The molecule has 4 heterocycles. The summed E-state index contributed by atoms with van der Waals surface area (Å²) in [5.41, 5.74) is 2.40. The van der Waals surface area contributed by atoms with Gasteiger partial charge < -0.3 is 24.6 Å². The lowest BCUT2D eigenvalue weighted by Crippen LogP contribution is -2.35. The van der Waals surface area contributed by atoms with Crippen LogP contribution in [0.15, 0.2) is 60.3 Å². The number of aliphatic hydroxyl groups is 1. The lowest BCUT2D eigenvalue weighted by molar-refractivity contribution is -0.117. The molecule has 6 nitrogen and oxygen atoms in total. The lowest BCUT2D eigenvalue weighted by Gasteiger charge is -2.28. The summed E-state index contributed by atoms with van der Waals surface area (Å²) in [6.45, 7) is 9.23. The van der Waals surface area contributed by atoms with Gasteiger partial charge in [0.05, 0.1) is 37.1 Å². The van der Waals surface area contributed by atoms with Crippen LogP contribution in [0.1, 0.15) is 65.2 Å². The fourth-order valence-electron chi connectivity index (χ4n) is 5.57. The van der Waals surface area contributed by atoms with Crippen LogP contribution >= 0.6 is 0 Å². The highest BCUT2D eigenvalue weighted by Gasteiger charge is 2.45. The summed E-state index contributed by atoms with van der Waals surface area (Å²) in [7, 11) is 0. The first-order valence-corrected chi connectivity index (χ1v) is 13.6. The quantitative estimate of drug-likeness (QED) is 0.436. The van der Waals surface area contributed by atoms with E-state index in [0.29, 0.717) is 38.2 Å². The van der Waals surface area contributed by atoms with Crippen LogP contribution in [-0.4, -0.2) is 60.3 Å². The molecule has 0 aromatic rings. The van der Waals surface area contributed by atoms with E-state index < -0.39 is 6.10 Å². The number of nitrogens with one attached hydrogen (secondary N) is 1. The molecule has 4 aliphatic rings. The highest BCUT2D eigenvalue weighted by molar-refractivity contribution is 5.87. The number of rotatable bonds is 3. The fourth-order valence-corrected chi connectivity index (χ4v) is 5.57. The number of carbonyl (C=O) groups excluding carboxylic acids is 1. The Balaban J connectivity index is 1.40.